The monoisotopic (exact) mass is 271 g/mol. The molecule has 0 aliphatic rings. The molecule has 2 rings (SSSR count). The normalized spacial score (nSPS) is 11.1. The SMILES string of the molecule is CC(=O)C=CC(=O)c1c(O)c2ccccc2n(C)c1=O. The topological polar surface area (TPSA) is 76.4 Å². The van der Waals surface area contributed by atoms with E-state index in [-0.39, 0.29) is 17.1 Å². The summed E-state index contributed by atoms with van der Waals surface area (Å²) in [4.78, 5) is 35.0. The Bertz CT molecular complexity index is 799. The lowest BCUT2D eigenvalue weighted by Crippen LogP contribution is -2.24. The average molecular weight is 271 g/mol. The number of hydrogen-bond donors (Lipinski definition) is 1. The van der Waals surface area contributed by atoms with E-state index in [1.165, 1.54) is 18.5 Å². The van der Waals surface area contributed by atoms with Gasteiger partial charge in [0.25, 0.3) is 5.56 Å². The van der Waals surface area contributed by atoms with Gasteiger partial charge in [0.15, 0.2) is 11.6 Å². The molecule has 0 bridgehead atoms. The van der Waals surface area contributed by atoms with Crippen molar-refractivity contribution in [1.82, 2.24) is 4.57 Å². The average Bonchev–Trinajstić information content (AvgIpc) is 2.43. The van der Waals surface area contributed by atoms with E-state index in [0.717, 1.165) is 12.2 Å². The summed E-state index contributed by atoms with van der Waals surface area (Å²) in [5, 5.41) is 10.5. The Hall–Kier alpha value is -2.69. The van der Waals surface area contributed by atoms with Gasteiger partial charge >= 0.3 is 0 Å². The number of ketones is 2. The first kappa shape index (κ1) is 13.7. The summed E-state index contributed by atoms with van der Waals surface area (Å²) in [5.41, 5.74) is -0.398. The Morgan fingerprint density at radius 2 is 1.85 bits per heavy atom. The number of fused-ring (bicyclic) bond motifs is 1. The van der Waals surface area contributed by atoms with Crippen LogP contribution in [0.3, 0.4) is 0 Å². The lowest BCUT2D eigenvalue weighted by Gasteiger charge is -2.09. The van der Waals surface area contributed by atoms with Gasteiger partial charge < -0.3 is 9.67 Å². The molecule has 0 aliphatic heterocycles. The number of carbonyl (C=O) groups is 2. The number of aromatic hydroxyl groups is 1. The fourth-order valence-corrected chi connectivity index (χ4v) is 1.98. The zero-order valence-corrected chi connectivity index (χ0v) is 11.1. The van der Waals surface area contributed by atoms with Gasteiger partial charge in [-0.15, -0.1) is 0 Å². The molecule has 0 fully saturated rings. The van der Waals surface area contributed by atoms with Crippen molar-refractivity contribution in [2.45, 2.75) is 6.92 Å². The molecule has 0 saturated carbocycles. The number of aryl methyl sites for hydroxylation is 1. The molecule has 0 saturated heterocycles. The summed E-state index contributed by atoms with van der Waals surface area (Å²) in [6.45, 7) is 1.29. The third kappa shape index (κ3) is 2.25. The first-order chi connectivity index (χ1) is 9.43. The maximum Gasteiger partial charge on any atom is 0.265 e. The molecule has 5 heteroatoms. The Labute approximate surface area is 114 Å². The first-order valence-electron chi connectivity index (χ1n) is 5.97. The summed E-state index contributed by atoms with van der Waals surface area (Å²) >= 11 is 0. The van der Waals surface area contributed by atoms with Crippen molar-refractivity contribution in [3.63, 3.8) is 0 Å². The molecule has 0 aliphatic carbocycles. The quantitative estimate of drug-likeness (QED) is 0.679. The molecule has 1 N–H and O–H groups in total. The predicted molar refractivity (Wildman–Crippen MR) is 75.0 cm³/mol. The van der Waals surface area contributed by atoms with E-state index in [1.807, 2.05) is 0 Å². The third-order valence-corrected chi connectivity index (χ3v) is 2.99. The number of nitrogens with zero attached hydrogens (tertiary/aromatic N) is 1. The predicted octanol–water partition coefficient (Wildman–Crippen LogP) is 1.57. The molecule has 5 nitrogen and oxygen atoms in total. The highest BCUT2D eigenvalue weighted by molar-refractivity contribution is 6.11. The second-order valence-corrected chi connectivity index (χ2v) is 4.41. The summed E-state index contributed by atoms with van der Waals surface area (Å²) in [7, 11) is 1.52. The van der Waals surface area contributed by atoms with E-state index in [1.54, 1.807) is 24.3 Å². The Morgan fingerprint density at radius 3 is 2.50 bits per heavy atom. The Kier molecular flexibility index (Phi) is 3.52. The lowest BCUT2D eigenvalue weighted by molar-refractivity contribution is -0.112. The van der Waals surface area contributed by atoms with Crippen molar-refractivity contribution in [2.75, 3.05) is 0 Å². The van der Waals surface area contributed by atoms with Crippen LogP contribution in [-0.4, -0.2) is 21.2 Å². The molecule has 0 spiro atoms. The van der Waals surface area contributed by atoms with Crippen molar-refractivity contribution in [3.8, 4) is 5.75 Å². The van der Waals surface area contributed by atoms with Crippen LogP contribution in [0.5, 0.6) is 5.75 Å². The van der Waals surface area contributed by atoms with Crippen molar-refractivity contribution in [3.05, 3.63) is 52.3 Å². The summed E-state index contributed by atoms with van der Waals surface area (Å²) < 4.78 is 1.30. The molecular formula is C15H13NO4. The van der Waals surface area contributed by atoms with Crippen LogP contribution < -0.4 is 5.56 Å². The molecule has 1 heterocycles. The highest BCUT2D eigenvalue weighted by Gasteiger charge is 2.18. The molecule has 0 radical (unpaired) electrons. The Balaban J connectivity index is 2.75. The van der Waals surface area contributed by atoms with E-state index in [2.05, 4.69) is 0 Å². The number of carbonyl (C=O) groups excluding carboxylic acids is 2. The van der Waals surface area contributed by atoms with Crippen LogP contribution in [0.15, 0.2) is 41.2 Å². The summed E-state index contributed by atoms with van der Waals surface area (Å²) in [5.74, 6) is -1.36. The van der Waals surface area contributed by atoms with E-state index in [0.29, 0.717) is 10.9 Å². The van der Waals surface area contributed by atoms with Crippen LogP contribution in [0.4, 0.5) is 0 Å². The van der Waals surface area contributed by atoms with Crippen molar-refractivity contribution < 1.29 is 14.7 Å². The van der Waals surface area contributed by atoms with Gasteiger partial charge in [0.05, 0.1) is 5.52 Å². The fraction of sp³-hybridized carbons (Fsp3) is 0.133. The molecule has 1 aromatic carbocycles. The minimum absolute atomic E-state index is 0.310. The largest absolute Gasteiger partial charge is 0.506 e. The molecule has 2 aromatic rings. The molecule has 102 valence electrons. The van der Waals surface area contributed by atoms with Crippen LogP contribution >= 0.6 is 0 Å². The molecule has 20 heavy (non-hydrogen) atoms. The van der Waals surface area contributed by atoms with E-state index < -0.39 is 11.3 Å². The summed E-state index contributed by atoms with van der Waals surface area (Å²) in [6, 6.07) is 6.73. The second kappa shape index (κ2) is 5.13. The first-order valence-corrected chi connectivity index (χ1v) is 5.97. The zero-order chi connectivity index (χ0) is 14.9. The van der Waals surface area contributed by atoms with E-state index >= 15 is 0 Å². The second-order valence-electron chi connectivity index (χ2n) is 4.41. The summed E-state index contributed by atoms with van der Waals surface area (Å²) in [6.07, 6.45) is 2.06. The minimum Gasteiger partial charge on any atom is -0.506 e. The maximum atomic E-state index is 12.2. The number of para-hydroxylation sites is 1. The number of rotatable bonds is 3. The third-order valence-electron chi connectivity index (χ3n) is 2.99. The smallest absolute Gasteiger partial charge is 0.265 e. The van der Waals surface area contributed by atoms with Gasteiger partial charge in [0, 0.05) is 12.4 Å². The standard InChI is InChI=1S/C15H13NO4/c1-9(17)7-8-12(18)13-14(19)10-5-3-4-6-11(10)16(2)15(13)20/h3-8,19H,1-2H3. The van der Waals surface area contributed by atoms with Gasteiger partial charge in [-0.05, 0) is 31.2 Å². The highest BCUT2D eigenvalue weighted by Crippen LogP contribution is 2.26. The minimum atomic E-state index is -0.691. The van der Waals surface area contributed by atoms with E-state index in [9.17, 15) is 19.5 Å². The van der Waals surface area contributed by atoms with Gasteiger partial charge in [-0.1, -0.05) is 12.1 Å². The molecule has 0 amide bonds. The van der Waals surface area contributed by atoms with Crippen LogP contribution in [0, 0.1) is 0 Å². The number of benzene rings is 1. The van der Waals surface area contributed by atoms with Gasteiger partial charge in [0.2, 0.25) is 0 Å². The van der Waals surface area contributed by atoms with Crippen LogP contribution in [-0.2, 0) is 11.8 Å². The molecule has 0 unspecified atom stereocenters. The van der Waals surface area contributed by atoms with Crippen LogP contribution in [0.1, 0.15) is 17.3 Å². The van der Waals surface area contributed by atoms with Crippen LogP contribution in [0.2, 0.25) is 0 Å². The molecular weight excluding hydrogens is 258 g/mol. The van der Waals surface area contributed by atoms with Crippen molar-refractivity contribution in [1.29, 1.82) is 0 Å². The van der Waals surface area contributed by atoms with Gasteiger partial charge in [0.1, 0.15) is 11.3 Å². The van der Waals surface area contributed by atoms with Crippen molar-refractivity contribution >= 4 is 22.5 Å². The maximum absolute atomic E-state index is 12.2. The van der Waals surface area contributed by atoms with Crippen LogP contribution in [0.25, 0.3) is 10.9 Å². The van der Waals surface area contributed by atoms with Gasteiger partial charge in [-0.25, -0.2) is 0 Å². The number of hydrogen-bond acceptors (Lipinski definition) is 4. The number of allylic oxidation sites excluding steroid dienone is 2. The molecule has 1 aromatic heterocycles. The lowest BCUT2D eigenvalue weighted by atomic mass is 10.1. The number of aromatic nitrogens is 1. The van der Waals surface area contributed by atoms with Gasteiger partial charge in [-0.2, -0.15) is 0 Å². The molecule has 0 atom stereocenters. The van der Waals surface area contributed by atoms with E-state index in [4.69, 9.17) is 0 Å². The van der Waals surface area contributed by atoms with Gasteiger partial charge in [-0.3, -0.25) is 14.4 Å². The highest BCUT2D eigenvalue weighted by atomic mass is 16.3. The fourth-order valence-electron chi connectivity index (χ4n) is 1.98. The van der Waals surface area contributed by atoms with Crippen molar-refractivity contribution in [2.24, 2.45) is 7.05 Å². The zero-order valence-electron chi connectivity index (χ0n) is 11.1. The Morgan fingerprint density at radius 1 is 1.20 bits per heavy atom. The number of pyridine rings is 1.